The van der Waals surface area contributed by atoms with Crippen molar-refractivity contribution in [3.05, 3.63) is 79.0 Å². The lowest BCUT2D eigenvalue weighted by molar-refractivity contribution is -0.119. The van der Waals surface area contributed by atoms with Gasteiger partial charge in [-0.3, -0.25) is 14.5 Å². The molecule has 11 nitrogen and oxygen atoms in total. The van der Waals surface area contributed by atoms with Gasteiger partial charge in [-0.2, -0.15) is 0 Å². The van der Waals surface area contributed by atoms with E-state index in [2.05, 4.69) is 30.3 Å². The van der Waals surface area contributed by atoms with Crippen LogP contribution in [0.15, 0.2) is 83.9 Å². The number of pyridine rings is 1. The molecule has 5 aromatic rings. The molecule has 0 radical (unpaired) electrons. The number of nitrogens with zero attached hydrogens (tertiary/aromatic N) is 4. The first kappa shape index (κ1) is 26.6. The number of para-hydroxylation sites is 2. The van der Waals surface area contributed by atoms with E-state index in [-0.39, 0.29) is 29.0 Å². The highest BCUT2D eigenvalue weighted by Crippen LogP contribution is 2.33. The minimum absolute atomic E-state index is 0.00293. The SMILES string of the molecule is CNC(=O)CN(C)c1cccc(S(=O)(=O)Nc2nc3ccccc3nc2Nc2cc(OC)cc3cccnc23)c1. The highest BCUT2D eigenvalue weighted by Gasteiger charge is 2.21. The molecule has 0 saturated heterocycles. The molecule has 0 unspecified atom stereocenters. The van der Waals surface area contributed by atoms with Gasteiger partial charge in [0.15, 0.2) is 11.6 Å². The maximum absolute atomic E-state index is 13.6. The number of carbonyl (C=O) groups excluding carboxylic acids is 1. The van der Waals surface area contributed by atoms with Gasteiger partial charge in [0, 0.05) is 37.4 Å². The summed E-state index contributed by atoms with van der Waals surface area (Å²) in [5.41, 5.74) is 2.87. The molecule has 3 aromatic carbocycles. The summed E-state index contributed by atoms with van der Waals surface area (Å²) in [7, 11) is 0.714. The van der Waals surface area contributed by atoms with Crippen molar-refractivity contribution in [1.82, 2.24) is 20.3 Å². The number of aromatic nitrogens is 3. The first-order valence-electron chi connectivity index (χ1n) is 12.3. The molecule has 0 atom stereocenters. The Kier molecular flexibility index (Phi) is 7.34. The van der Waals surface area contributed by atoms with Crippen LogP contribution >= 0.6 is 0 Å². The average molecular weight is 558 g/mol. The van der Waals surface area contributed by atoms with E-state index in [1.807, 2.05) is 24.3 Å². The van der Waals surface area contributed by atoms with Crippen molar-refractivity contribution in [1.29, 1.82) is 0 Å². The second kappa shape index (κ2) is 11.0. The number of hydrogen-bond acceptors (Lipinski definition) is 9. The van der Waals surface area contributed by atoms with Crippen LogP contribution in [0.3, 0.4) is 0 Å². The topological polar surface area (TPSA) is 138 Å². The van der Waals surface area contributed by atoms with Crippen LogP contribution in [-0.4, -0.2) is 57.0 Å². The maximum Gasteiger partial charge on any atom is 0.263 e. The third kappa shape index (κ3) is 5.57. The molecule has 3 N–H and O–H groups in total. The number of fused-ring (bicyclic) bond motifs is 2. The van der Waals surface area contributed by atoms with E-state index >= 15 is 0 Å². The molecule has 0 aliphatic carbocycles. The number of benzene rings is 3. The van der Waals surface area contributed by atoms with Crippen LogP contribution in [0.5, 0.6) is 5.75 Å². The molecule has 204 valence electrons. The number of nitrogens with one attached hydrogen (secondary N) is 3. The lowest BCUT2D eigenvalue weighted by atomic mass is 10.1. The Morgan fingerprint density at radius 2 is 1.70 bits per heavy atom. The molecule has 0 spiro atoms. The van der Waals surface area contributed by atoms with Gasteiger partial charge < -0.3 is 20.3 Å². The molecule has 1 amide bonds. The molecule has 5 rings (SSSR count). The van der Waals surface area contributed by atoms with Gasteiger partial charge in [0.2, 0.25) is 5.91 Å². The second-order valence-electron chi connectivity index (χ2n) is 8.92. The van der Waals surface area contributed by atoms with E-state index in [0.717, 1.165) is 5.39 Å². The van der Waals surface area contributed by atoms with Crippen LogP contribution in [0.4, 0.5) is 23.0 Å². The monoisotopic (exact) mass is 557 g/mol. The highest BCUT2D eigenvalue weighted by molar-refractivity contribution is 7.92. The average Bonchev–Trinajstić information content (AvgIpc) is 2.97. The molecule has 12 heteroatoms. The molecule has 2 heterocycles. The normalized spacial score (nSPS) is 11.3. The molecule has 0 aliphatic rings. The number of rotatable bonds is 9. The summed E-state index contributed by atoms with van der Waals surface area (Å²) in [6, 6.07) is 20.8. The van der Waals surface area contributed by atoms with Gasteiger partial charge in [-0.15, -0.1) is 0 Å². The lowest BCUT2D eigenvalue weighted by Gasteiger charge is -2.19. The summed E-state index contributed by atoms with van der Waals surface area (Å²) in [5, 5.41) is 6.61. The van der Waals surface area contributed by atoms with Gasteiger partial charge >= 0.3 is 0 Å². The second-order valence-corrected chi connectivity index (χ2v) is 10.6. The first-order valence-corrected chi connectivity index (χ1v) is 13.8. The molecule has 2 aromatic heterocycles. The van der Waals surface area contributed by atoms with Crippen molar-refractivity contribution in [2.75, 3.05) is 42.7 Å². The van der Waals surface area contributed by atoms with E-state index in [1.165, 1.54) is 12.1 Å². The molecule has 0 aliphatic heterocycles. The third-order valence-electron chi connectivity index (χ3n) is 6.20. The Labute approximate surface area is 231 Å². The van der Waals surface area contributed by atoms with Gasteiger partial charge in [-0.1, -0.05) is 24.3 Å². The Bertz CT molecular complexity index is 1830. The summed E-state index contributed by atoms with van der Waals surface area (Å²) >= 11 is 0. The van der Waals surface area contributed by atoms with Crippen LogP contribution in [-0.2, 0) is 14.8 Å². The number of ether oxygens (including phenoxy) is 1. The van der Waals surface area contributed by atoms with E-state index in [9.17, 15) is 13.2 Å². The molecular formula is C28H27N7O4S. The zero-order chi connectivity index (χ0) is 28.3. The smallest absolute Gasteiger partial charge is 0.263 e. The van der Waals surface area contributed by atoms with Gasteiger partial charge in [-0.05, 0) is 42.5 Å². The van der Waals surface area contributed by atoms with Crippen molar-refractivity contribution < 1.29 is 17.9 Å². The molecule has 0 bridgehead atoms. The van der Waals surface area contributed by atoms with E-state index in [1.54, 1.807) is 68.7 Å². The van der Waals surface area contributed by atoms with Gasteiger partial charge in [0.1, 0.15) is 5.75 Å². The minimum Gasteiger partial charge on any atom is -0.497 e. The predicted octanol–water partition coefficient (Wildman–Crippen LogP) is 3.91. The van der Waals surface area contributed by atoms with Crippen LogP contribution in [0.1, 0.15) is 0 Å². The van der Waals surface area contributed by atoms with Gasteiger partial charge in [0.25, 0.3) is 10.0 Å². The zero-order valence-electron chi connectivity index (χ0n) is 22.0. The fourth-order valence-electron chi connectivity index (χ4n) is 4.12. The van der Waals surface area contributed by atoms with Crippen molar-refractivity contribution in [3.63, 3.8) is 0 Å². The zero-order valence-corrected chi connectivity index (χ0v) is 22.9. The standard InChI is InChI=1S/C28H27N7O4S/c1-29-25(36)17-35(2)19-9-6-10-21(15-19)40(37,38)34-28-27(31-22-11-4-5-12-23(22)32-28)33-24-16-20(39-3)14-18-8-7-13-30-26(18)24/h4-16H,17H2,1-3H3,(H,29,36)(H,31,33)(H,32,34). The van der Waals surface area contributed by atoms with E-state index in [0.29, 0.717) is 33.7 Å². The summed E-state index contributed by atoms with van der Waals surface area (Å²) in [4.78, 5) is 27.2. The Morgan fingerprint density at radius 1 is 0.950 bits per heavy atom. The number of carbonyl (C=O) groups is 1. The van der Waals surface area contributed by atoms with Crippen molar-refractivity contribution in [2.45, 2.75) is 4.90 Å². The van der Waals surface area contributed by atoms with Crippen LogP contribution in [0, 0.1) is 0 Å². The quantitative estimate of drug-likeness (QED) is 0.246. The number of amides is 1. The third-order valence-corrected chi connectivity index (χ3v) is 7.53. The Hall–Kier alpha value is -4.97. The highest BCUT2D eigenvalue weighted by atomic mass is 32.2. The maximum atomic E-state index is 13.6. The Morgan fingerprint density at radius 3 is 2.42 bits per heavy atom. The van der Waals surface area contributed by atoms with Gasteiger partial charge in [-0.25, -0.2) is 18.4 Å². The lowest BCUT2D eigenvalue weighted by Crippen LogP contribution is -2.33. The molecule has 0 fully saturated rings. The molecular weight excluding hydrogens is 530 g/mol. The van der Waals surface area contributed by atoms with Crippen molar-refractivity contribution in [3.8, 4) is 5.75 Å². The van der Waals surface area contributed by atoms with Gasteiger partial charge in [0.05, 0.1) is 40.8 Å². The van der Waals surface area contributed by atoms with E-state index < -0.39 is 10.0 Å². The summed E-state index contributed by atoms with van der Waals surface area (Å²) in [5.74, 6) is 0.595. The largest absolute Gasteiger partial charge is 0.497 e. The van der Waals surface area contributed by atoms with E-state index in [4.69, 9.17) is 4.74 Å². The first-order chi connectivity index (χ1) is 19.3. The molecule has 40 heavy (non-hydrogen) atoms. The number of likely N-dealkylation sites (N-methyl/N-ethyl adjacent to an activating group) is 2. The molecule has 0 saturated carbocycles. The minimum atomic E-state index is -4.10. The summed E-state index contributed by atoms with van der Waals surface area (Å²) < 4.78 is 35.2. The summed E-state index contributed by atoms with van der Waals surface area (Å²) in [6.45, 7) is 0.0696. The number of methoxy groups -OCH3 is 1. The van der Waals surface area contributed by atoms with Crippen molar-refractivity contribution >= 4 is 60.9 Å². The number of hydrogen-bond donors (Lipinski definition) is 3. The fourth-order valence-corrected chi connectivity index (χ4v) is 5.17. The van der Waals surface area contributed by atoms with Crippen LogP contribution in [0.2, 0.25) is 0 Å². The fraction of sp³-hybridized carbons (Fsp3) is 0.143. The number of anilines is 4. The van der Waals surface area contributed by atoms with Crippen LogP contribution < -0.4 is 25.0 Å². The summed E-state index contributed by atoms with van der Waals surface area (Å²) in [6.07, 6.45) is 1.67. The van der Waals surface area contributed by atoms with Crippen molar-refractivity contribution in [2.24, 2.45) is 0 Å². The Balaban J connectivity index is 1.55. The number of sulfonamides is 1. The predicted molar refractivity (Wildman–Crippen MR) is 156 cm³/mol. The van der Waals surface area contributed by atoms with Crippen LogP contribution in [0.25, 0.3) is 21.9 Å².